The first-order chi connectivity index (χ1) is 14.4. The Morgan fingerprint density at radius 1 is 1.20 bits per heavy atom. The molecule has 0 spiro atoms. The lowest BCUT2D eigenvalue weighted by atomic mass is 10.2. The molecular weight excluding hydrogens is 401 g/mol. The number of methoxy groups -OCH3 is 1. The molecule has 1 saturated heterocycles. The molecular formula is C19H17F3N6O2. The molecule has 11 heteroatoms. The van der Waals surface area contributed by atoms with Crippen LogP contribution < -0.4 is 4.74 Å². The van der Waals surface area contributed by atoms with Gasteiger partial charge in [-0.3, -0.25) is 9.78 Å². The highest BCUT2D eigenvalue weighted by molar-refractivity contribution is 5.94. The molecule has 0 N–H and O–H groups in total. The second-order valence-electron chi connectivity index (χ2n) is 6.67. The number of pyridine rings is 1. The second-order valence-corrected chi connectivity index (χ2v) is 6.67. The smallest absolute Gasteiger partial charge is 0.408 e. The van der Waals surface area contributed by atoms with Crippen molar-refractivity contribution in [2.45, 2.75) is 25.1 Å². The highest BCUT2D eigenvalue weighted by Crippen LogP contribution is 2.34. The zero-order chi connectivity index (χ0) is 21.3. The van der Waals surface area contributed by atoms with Crippen LogP contribution in [0.4, 0.5) is 13.2 Å². The van der Waals surface area contributed by atoms with Gasteiger partial charge in [0.15, 0.2) is 11.5 Å². The molecule has 4 rings (SSSR count). The van der Waals surface area contributed by atoms with Gasteiger partial charge >= 0.3 is 6.18 Å². The maximum atomic E-state index is 13.3. The van der Waals surface area contributed by atoms with Gasteiger partial charge in [0.05, 0.1) is 18.5 Å². The first-order valence-electron chi connectivity index (χ1n) is 9.15. The molecule has 156 valence electrons. The number of likely N-dealkylation sites (tertiary alicyclic amines) is 1. The van der Waals surface area contributed by atoms with Gasteiger partial charge in [-0.05, 0) is 37.1 Å². The third-order valence-electron chi connectivity index (χ3n) is 4.80. The summed E-state index contributed by atoms with van der Waals surface area (Å²) in [5.74, 6) is -0.233. The average Bonchev–Trinajstić information content (AvgIpc) is 3.42. The van der Waals surface area contributed by atoms with Gasteiger partial charge in [-0.2, -0.15) is 18.3 Å². The molecule has 0 aromatic carbocycles. The van der Waals surface area contributed by atoms with Crippen LogP contribution in [0.1, 0.15) is 23.3 Å². The summed E-state index contributed by atoms with van der Waals surface area (Å²) in [5, 5.41) is 12.2. The van der Waals surface area contributed by atoms with Crippen LogP contribution in [0, 0.1) is 0 Å². The minimum Gasteiger partial charge on any atom is -0.480 e. The molecule has 1 atom stereocenters. The second kappa shape index (κ2) is 7.73. The van der Waals surface area contributed by atoms with Gasteiger partial charge in [-0.15, -0.1) is 10.2 Å². The molecule has 1 fully saturated rings. The van der Waals surface area contributed by atoms with E-state index < -0.39 is 18.1 Å². The Kier molecular flexibility index (Phi) is 5.10. The van der Waals surface area contributed by atoms with Crippen LogP contribution in [-0.2, 0) is 0 Å². The monoisotopic (exact) mass is 418 g/mol. The normalized spacial score (nSPS) is 16.7. The van der Waals surface area contributed by atoms with Gasteiger partial charge in [-0.1, -0.05) is 6.07 Å². The zero-order valence-corrected chi connectivity index (χ0v) is 15.9. The van der Waals surface area contributed by atoms with E-state index in [1.54, 1.807) is 36.5 Å². The quantitative estimate of drug-likeness (QED) is 0.648. The van der Waals surface area contributed by atoms with Gasteiger partial charge in [0.25, 0.3) is 5.91 Å². The highest BCUT2D eigenvalue weighted by Gasteiger charge is 2.48. The topological polar surface area (TPSA) is 86.0 Å². The lowest BCUT2D eigenvalue weighted by Gasteiger charge is -2.25. The summed E-state index contributed by atoms with van der Waals surface area (Å²) < 4.78 is 46.3. The maximum absolute atomic E-state index is 13.3. The number of hydrogen-bond acceptors (Lipinski definition) is 6. The van der Waals surface area contributed by atoms with Crippen LogP contribution in [0.2, 0.25) is 0 Å². The number of hydrogen-bond donors (Lipinski definition) is 0. The van der Waals surface area contributed by atoms with Crippen LogP contribution in [0.15, 0.2) is 42.6 Å². The van der Waals surface area contributed by atoms with Gasteiger partial charge in [0.2, 0.25) is 5.88 Å². The number of halogens is 3. The summed E-state index contributed by atoms with van der Waals surface area (Å²) in [4.78, 5) is 18.0. The number of aromatic nitrogens is 5. The number of rotatable bonds is 4. The standard InChI is InChI=1S/C19H17F3N6O2/c1-30-17-8-7-16(24-25-17)28-14(12-5-2-3-9-23-12)11-13(26-28)18(29)27-10-4-6-15(27)19(20,21)22/h2-3,5,7-9,11,15H,4,6,10H2,1H3/t15-/m0/s1. The van der Waals surface area contributed by atoms with Crippen molar-refractivity contribution in [3.8, 4) is 23.1 Å². The molecule has 30 heavy (non-hydrogen) atoms. The number of ether oxygens (including phenoxy) is 1. The van der Waals surface area contributed by atoms with Crippen molar-refractivity contribution in [1.29, 1.82) is 0 Å². The van der Waals surface area contributed by atoms with Gasteiger partial charge in [-0.25, -0.2) is 4.68 Å². The number of alkyl halides is 3. The maximum Gasteiger partial charge on any atom is 0.408 e. The van der Waals surface area contributed by atoms with Crippen LogP contribution >= 0.6 is 0 Å². The first-order valence-corrected chi connectivity index (χ1v) is 9.15. The van der Waals surface area contributed by atoms with Crippen molar-refractivity contribution in [2.24, 2.45) is 0 Å². The van der Waals surface area contributed by atoms with E-state index in [9.17, 15) is 18.0 Å². The summed E-state index contributed by atoms with van der Waals surface area (Å²) in [6, 6.07) is 7.93. The summed E-state index contributed by atoms with van der Waals surface area (Å²) in [6.07, 6.45) is -2.76. The Bertz CT molecular complexity index is 1040. The van der Waals surface area contributed by atoms with E-state index in [1.165, 1.54) is 17.9 Å². The third kappa shape index (κ3) is 3.70. The number of nitrogens with zero attached hydrogens (tertiary/aromatic N) is 6. The number of amides is 1. The molecule has 0 unspecified atom stereocenters. The molecule has 0 aliphatic carbocycles. The third-order valence-corrected chi connectivity index (χ3v) is 4.80. The minimum absolute atomic E-state index is 0.0249. The molecule has 0 bridgehead atoms. The summed E-state index contributed by atoms with van der Waals surface area (Å²) in [5.41, 5.74) is 0.765. The highest BCUT2D eigenvalue weighted by atomic mass is 19.4. The Morgan fingerprint density at radius 3 is 2.67 bits per heavy atom. The van der Waals surface area contributed by atoms with Crippen LogP contribution in [0.5, 0.6) is 5.88 Å². The molecule has 8 nitrogen and oxygen atoms in total. The fourth-order valence-electron chi connectivity index (χ4n) is 3.39. The Hall–Kier alpha value is -3.50. The van der Waals surface area contributed by atoms with Crippen molar-refractivity contribution in [1.82, 2.24) is 29.9 Å². The van der Waals surface area contributed by atoms with E-state index in [0.717, 1.165) is 4.90 Å². The first kappa shape index (κ1) is 19.8. The van der Waals surface area contributed by atoms with Gasteiger partial charge in [0.1, 0.15) is 6.04 Å². The van der Waals surface area contributed by atoms with Crippen molar-refractivity contribution in [2.75, 3.05) is 13.7 Å². The molecule has 3 aromatic rings. The Labute approximate surface area is 169 Å². The van der Waals surface area contributed by atoms with E-state index >= 15 is 0 Å². The molecule has 1 amide bonds. The lowest BCUT2D eigenvalue weighted by Crippen LogP contribution is -2.44. The molecule has 0 saturated carbocycles. The van der Waals surface area contributed by atoms with Gasteiger partial charge < -0.3 is 9.64 Å². The Balaban J connectivity index is 1.76. The van der Waals surface area contributed by atoms with E-state index in [-0.39, 0.29) is 36.8 Å². The fraction of sp³-hybridized carbons (Fsp3) is 0.316. The van der Waals surface area contributed by atoms with E-state index in [4.69, 9.17) is 4.74 Å². The fourth-order valence-corrected chi connectivity index (χ4v) is 3.39. The average molecular weight is 418 g/mol. The molecule has 0 radical (unpaired) electrons. The predicted octanol–water partition coefficient (Wildman–Crippen LogP) is 2.90. The van der Waals surface area contributed by atoms with E-state index in [2.05, 4.69) is 20.3 Å². The lowest BCUT2D eigenvalue weighted by molar-refractivity contribution is -0.169. The zero-order valence-electron chi connectivity index (χ0n) is 15.9. The van der Waals surface area contributed by atoms with Crippen molar-refractivity contribution >= 4 is 5.91 Å². The molecule has 1 aliphatic heterocycles. The summed E-state index contributed by atoms with van der Waals surface area (Å²) in [6.45, 7) is 0.0249. The van der Waals surface area contributed by atoms with Crippen molar-refractivity contribution in [3.63, 3.8) is 0 Å². The van der Waals surface area contributed by atoms with Crippen LogP contribution in [-0.4, -0.2) is 61.6 Å². The summed E-state index contributed by atoms with van der Waals surface area (Å²) in [7, 11) is 1.45. The molecule has 4 heterocycles. The van der Waals surface area contributed by atoms with Crippen molar-refractivity contribution in [3.05, 3.63) is 48.3 Å². The SMILES string of the molecule is COc1ccc(-n2nc(C(=O)N3CCC[C@H]3C(F)(F)F)cc2-c2ccccn2)nn1. The number of carbonyl (C=O) groups excluding carboxylic acids is 1. The van der Waals surface area contributed by atoms with E-state index in [1.807, 2.05) is 0 Å². The van der Waals surface area contributed by atoms with Crippen LogP contribution in [0.3, 0.4) is 0 Å². The number of carbonyl (C=O) groups is 1. The molecule has 3 aromatic heterocycles. The molecule has 1 aliphatic rings. The predicted molar refractivity (Wildman–Crippen MR) is 99.1 cm³/mol. The Morgan fingerprint density at radius 2 is 2.03 bits per heavy atom. The minimum atomic E-state index is -4.49. The largest absolute Gasteiger partial charge is 0.480 e. The summed E-state index contributed by atoms with van der Waals surface area (Å²) >= 11 is 0. The van der Waals surface area contributed by atoms with Crippen molar-refractivity contribution < 1.29 is 22.7 Å². The van der Waals surface area contributed by atoms with Crippen LogP contribution in [0.25, 0.3) is 17.2 Å². The van der Waals surface area contributed by atoms with Gasteiger partial charge in [0, 0.05) is 18.8 Å². The van der Waals surface area contributed by atoms with E-state index in [0.29, 0.717) is 11.4 Å².